The van der Waals surface area contributed by atoms with Gasteiger partial charge in [-0.1, -0.05) is 30.3 Å². The van der Waals surface area contributed by atoms with E-state index in [-0.39, 0.29) is 11.9 Å². The number of hydrogen-bond donors (Lipinski definition) is 2. The fraction of sp³-hybridized carbons (Fsp3) is 0.167. The molecular weight excluding hydrogens is 202 g/mol. The second-order valence-corrected chi connectivity index (χ2v) is 3.58. The maximum Gasteiger partial charge on any atom is 0.269 e. The molecule has 1 atom stereocenters. The second-order valence-electron chi connectivity index (χ2n) is 3.58. The molecule has 0 radical (unpaired) electrons. The van der Waals surface area contributed by atoms with Gasteiger partial charge in [-0.15, -0.1) is 0 Å². The van der Waals surface area contributed by atoms with Crippen molar-refractivity contribution >= 4 is 5.91 Å². The van der Waals surface area contributed by atoms with Gasteiger partial charge < -0.3 is 5.32 Å². The third-order valence-corrected chi connectivity index (χ3v) is 2.39. The van der Waals surface area contributed by atoms with Gasteiger partial charge in [0.15, 0.2) is 0 Å². The summed E-state index contributed by atoms with van der Waals surface area (Å²) in [7, 11) is 0. The normalized spacial score (nSPS) is 12.1. The minimum absolute atomic E-state index is 0.0167. The number of H-pyrrole nitrogens is 1. The molecule has 2 aromatic rings. The molecule has 0 unspecified atom stereocenters. The molecule has 2 N–H and O–H groups in total. The van der Waals surface area contributed by atoms with E-state index in [9.17, 15) is 4.79 Å². The fourth-order valence-electron chi connectivity index (χ4n) is 1.48. The zero-order chi connectivity index (χ0) is 11.4. The van der Waals surface area contributed by atoms with E-state index >= 15 is 0 Å². The van der Waals surface area contributed by atoms with Gasteiger partial charge in [0.2, 0.25) is 0 Å². The summed E-state index contributed by atoms with van der Waals surface area (Å²) in [5.74, 6) is -0.145. The molecule has 0 aliphatic heterocycles. The Morgan fingerprint density at radius 1 is 1.31 bits per heavy atom. The highest BCUT2D eigenvalue weighted by Gasteiger charge is 2.11. The van der Waals surface area contributed by atoms with Crippen LogP contribution in [0.25, 0.3) is 0 Å². The Morgan fingerprint density at radius 2 is 2.06 bits per heavy atom. The third kappa shape index (κ3) is 2.28. The van der Waals surface area contributed by atoms with Crippen molar-refractivity contribution in [3.8, 4) is 0 Å². The van der Waals surface area contributed by atoms with Gasteiger partial charge in [-0.3, -0.25) is 9.89 Å². The first-order chi connectivity index (χ1) is 7.77. The van der Waals surface area contributed by atoms with Gasteiger partial charge in [0.25, 0.3) is 5.91 Å². The van der Waals surface area contributed by atoms with Gasteiger partial charge in [-0.05, 0) is 18.6 Å². The summed E-state index contributed by atoms with van der Waals surface area (Å²) in [5.41, 5.74) is 1.55. The van der Waals surface area contributed by atoms with Crippen molar-refractivity contribution in [1.29, 1.82) is 0 Å². The van der Waals surface area contributed by atoms with Crippen molar-refractivity contribution in [3.63, 3.8) is 0 Å². The van der Waals surface area contributed by atoms with Crippen LogP contribution in [0.3, 0.4) is 0 Å². The van der Waals surface area contributed by atoms with Gasteiger partial charge in [0.1, 0.15) is 5.69 Å². The van der Waals surface area contributed by atoms with Crippen molar-refractivity contribution in [3.05, 3.63) is 53.9 Å². The Morgan fingerprint density at radius 3 is 2.69 bits per heavy atom. The van der Waals surface area contributed by atoms with Gasteiger partial charge in [0, 0.05) is 6.20 Å². The zero-order valence-corrected chi connectivity index (χ0v) is 8.97. The van der Waals surface area contributed by atoms with Crippen LogP contribution in [0.2, 0.25) is 0 Å². The van der Waals surface area contributed by atoms with E-state index in [1.807, 2.05) is 37.3 Å². The average molecular weight is 215 g/mol. The lowest BCUT2D eigenvalue weighted by Gasteiger charge is -2.13. The van der Waals surface area contributed by atoms with Gasteiger partial charge in [0.05, 0.1) is 6.04 Å². The molecule has 0 fully saturated rings. The van der Waals surface area contributed by atoms with Crippen molar-refractivity contribution in [2.24, 2.45) is 0 Å². The molecule has 1 heterocycles. The number of carbonyl (C=O) groups excluding carboxylic acids is 1. The van der Waals surface area contributed by atoms with Crippen molar-refractivity contribution < 1.29 is 4.79 Å². The molecule has 0 bridgehead atoms. The maximum atomic E-state index is 11.7. The molecule has 0 aliphatic carbocycles. The Labute approximate surface area is 93.7 Å². The largest absolute Gasteiger partial charge is 0.344 e. The monoisotopic (exact) mass is 215 g/mol. The second kappa shape index (κ2) is 4.61. The minimum Gasteiger partial charge on any atom is -0.344 e. The molecule has 4 heteroatoms. The first-order valence-electron chi connectivity index (χ1n) is 5.12. The SMILES string of the molecule is C[C@H](NC(=O)c1ccn[nH]1)c1ccccc1. The number of aromatic nitrogens is 2. The summed E-state index contributed by atoms with van der Waals surface area (Å²) < 4.78 is 0. The fourth-order valence-corrected chi connectivity index (χ4v) is 1.48. The van der Waals surface area contributed by atoms with Crippen molar-refractivity contribution in [2.75, 3.05) is 0 Å². The summed E-state index contributed by atoms with van der Waals surface area (Å²) in [6, 6.07) is 11.5. The van der Waals surface area contributed by atoms with Gasteiger partial charge >= 0.3 is 0 Å². The highest BCUT2D eigenvalue weighted by Crippen LogP contribution is 2.11. The smallest absolute Gasteiger partial charge is 0.269 e. The van der Waals surface area contributed by atoms with Crippen LogP contribution in [-0.2, 0) is 0 Å². The van der Waals surface area contributed by atoms with E-state index in [4.69, 9.17) is 0 Å². The van der Waals surface area contributed by atoms with Crippen LogP contribution < -0.4 is 5.32 Å². The Balaban J connectivity index is 2.03. The lowest BCUT2D eigenvalue weighted by Crippen LogP contribution is -2.26. The van der Waals surface area contributed by atoms with Gasteiger partial charge in [-0.2, -0.15) is 5.10 Å². The molecule has 82 valence electrons. The zero-order valence-electron chi connectivity index (χ0n) is 8.97. The van der Waals surface area contributed by atoms with E-state index < -0.39 is 0 Å². The first kappa shape index (κ1) is 10.4. The number of aromatic amines is 1. The highest BCUT2D eigenvalue weighted by molar-refractivity contribution is 5.92. The van der Waals surface area contributed by atoms with Crippen LogP contribution in [0.15, 0.2) is 42.6 Å². The van der Waals surface area contributed by atoms with E-state index in [2.05, 4.69) is 15.5 Å². The third-order valence-electron chi connectivity index (χ3n) is 2.39. The lowest BCUT2D eigenvalue weighted by molar-refractivity contribution is 0.0935. The number of amides is 1. The highest BCUT2D eigenvalue weighted by atomic mass is 16.2. The van der Waals surface area contributed by atoms with E-state index in [1.54, 1.807) is 12.3 Å². The van der Waals surface area contributed by atoms with Crippen molar-refractivity contribution in [1.82, 2.24) is 15.5 Å². The molecule has 1 amide bonds. The number of carbonyl (C=O) groups is 1. The first-order valence-corrected chi connectivity index (χ1v) is 5.12. The molecule has 4 nitrogen and oxygen atoms in total. The minimum atomic E-state index is -0.145. The number of hydrogen-bond acceptors (Lipinski definition) is 2. The quantitative estimate of drug-likeness (QED) is 0.821. The topological polar surface area (TPSA) is 57.8 Å². The Kier molecular flexibility index (Phi) is 3.00. The molecule has 1 aromatic carbocycles. The summed E-state index contributed by atoms with van der Waals surface area (Å²) in [6.45, 7) is 1.95. The Bertz CT molecular complexity index is 450. The number of benzene rings is 1. The van der Waals surface area contributed by atoms with Crippen LogP contribution in [0.5, 0.6) is 0 Å². The Hall–Kier alpha value is -2.10. The van der Waals surface area contributed by atoms with Crippen molar-refractivity contribution in [2.45, 2.75) is 13.0 Å². The van der Waals surface area contributed by atoms with E-state index in [0.29, 0.717) is 5.69 Å². The maximum absolute atomic E-state index is 11.7. The molecule has 1 aromatic heterocycles. The summed E-state index contributed by atoms with van der Waals surface area (Å²) in [4.78, 5) is 11.7. The molecule has 0 aliphatic rings. The van der Waals surface area contributed by atoms with Gasteiger partial charge in [-0.25, -0.2) is 0 Å². The standard InChI is InChI=1S/C12H13N3O/c1-9(10-5-3-2-4-6-10)14-12(16)11-7-8-13-15-11/h2-9H,1H3,(H,13,15)(H,14,16)/t9-/m0/s1. The summed E-state index contributed by atoms with van der Waals surface area (Å²) >= 11 is 0. The molecule has 0 saturated carbocycles. The molecule has 16 heavy (non-hydrogen) atoms. The van der Waals surface area contributed by atoms with Crippen LogP contribution in [0, 0.1) is 0 Å². The number of rotatable bonds is 3. The van der Waals surface area contributed by atoms with Crippen LogP contribution in [0.4, 0.5) is 0 Å². The van der Waals surface area contributed by atoms with Crippen LogP contribution >= 0.6 is 0 Å². The molecule has 2 rings (SSSR count). The summed E-state index contributed by atoms with van der Waals surface area (Å²) in [5, 5.41) is 9.26. The van der Waals surface area contributed by atoms with E-state index in [1.165, 1.54) is 0 Å². The summed E-state index contributed by atoms with van der Waals surface area (Å²) in [6.07, 6.45) is 1.56. The number of nitrogens with one attached hydrogen (secondary N) is 2. The van der Waals surface area contributed by atoms with E-state index in [0.717, 1.165) is 5.56 Å². The number of nitrogens with zero attached hydrogens (tertiary/aromatic N) is 1. The lowest BCUT2D eigenvalue weighted by atomic mass is 10.1. The average Bonchev–Trinajstić information content (AvgIpc) is 2.83. The molecule has 0 saturated heterocycles. The molecular formula is C12H13N3O. The van der Waals surface area contributed by atoms with Crippen LogP contribution in [-0.4, -0.2) is 16.1 Å². The molecule has 0 spiro atoms. The van der Waals surface area contributed by atoms with Crippen LogP contribution in [0.1, 0.15) is 29.0 Å². The predicted molar refractivity (Wildman–Crippen MR) is 60.9 cm³/mol. The predicted octanol–water partition coefficient (Wildman–Crippen LogP) is 1.90.